The average Bonchev–Trinajstić information content (AvgIpc) is 2.62. The lowest BCUT2D eigenvalue weighted by Gasteiger charge is -2.35. The summed E-state index contributed by atoms with van der Waals surface area (Å²) in [4.78, 5) is 7.16. The summed E-state index contributed by atoms with van der Waals surface area (Å²) < 4.78 is 11.1. The molecule has 1 aliphatic heterocycles. The summed E-state index contributed by atoms with van der Waals surface area (Å²) in [6.45, 7) is 11.9. The zero-order valence-electron chi connectivity index (χ0n) is 17.0. The normalized spacial score (nSPS) is 20.7. The van der Waals surface area contributed by atoms with Crippen molar-refractivity contribution in [3.8, 4) is 5.75 Å². The first-order valence-electron chi connectivity index (χ1n) is 9.63. The van der Waals surface area contributed by atoms with E-state index in [0.717, 1.165) is 56.4 Å². The maximum absolute atomic E-state index is 5.79. The summed E-state index contributed by atoms with van der Waals surface area (Å²) in [6.07, 6.45) is 1.74. The molecular formula is C20H35IN4O2. The first kappa shape index (κ1) is 24.0. The van der Waals surface area contributed by atoms with Crippen molar-refractivity contribution in [2.24, 2.45) is 4.99 Å². The molecule has 1 saturated heterocycles. The molecule has 0 spiro atoms. The van der Waals surface area contributed by atoms with Crippen molar-refractivity contribution in [1.29, 1.82) is 0 Å². The minimum absolute atomic E-state index is 0. The number of nitrogens with one attached hydrogen (secondary N) is 2. The van der Waals surface area contributed by atoms with Crippen LogP contribution in [-0.2, 0) is 11.3 Å². The minimum Gasteiger partial charge on any atom is -0.497 e. The van der Waals surface area contributed by atoms with Gasteiger partial charge in [-0.25, -0.2) is 4.99 Å². The van der Waals surface area contributed by atoms with Gasteiger partial charge in [-0.15, -0.1) is 24.0 Å². The van der Waals surface area contributed by atoms with Crippen LogP contribution in [0, 0.1) is 0 Å². The second-order valence-corrected chi connectivity index (χ2v) is 6.84. The first-order chi connectivity index (χ1) is 12.6. The molecule has 1 fully saturated rings. The molecule has 1 aromatic carbocycles. The van der Waals surface area contributed by atoms with Crippen molar-refractivity contribution in [2.45, 2.75) is 45.9 Å². The Morgan fingerprint density at radius 3 is 2.67 bits per heavy atom. The van der Waals surface area contributed by atoms with Crippen LogP contribution in [0.15, 0.2) is 29.3 Å². The average molecular weight is 490 g/mol. The van der Waals surface area contributed by atoms with E-state index in [1.165, 1.54) is 0 Å². The number of rotatable bonds is 8. The van der Waals surface area contributed by atoms with Gasteiger partial charge in [-0.2, -0.15) is 0 Å². The zero-order chi connectivity index (χ0) is 18.8. The lowest BCUT2D eigenvalue weighted by molar-refractivity contribution is -0.0679. The molecule has 2 atom stereocenters. The highest BCUT2D eigenvalue weighted by molar-refractivity contribution is 14.0. The molecule has 2 N–H and O–H groups in total. The fraction of sp³-hybridized carbons (Fsp3) is 0.650. The molecule has 7 heteroatoms. The Labute approximate surface area is 181 Å². The number of halogens is 1. The van der Waals surface area contributed by atoms with Crippen molar-refractivity contribution in [2.75, 3.05) is 39.8 Å². The van der Waals surface area contributed by atoms with Crippen molar-refractivity contribution in [1.82, 2.24) is 15.5 Å². The molecule has 2 unspecified atom stereocenters. The summed E-state index contributed by atoms with van der Waals surface area (Å²) in [5.41, 5.74) is 1.14. The number of morpholine rings is 1. The topological polar surface area (TPSA) is 58.1 Å². The van der Waals surface area contributed by atoms with E-state index in [1.807, 2.05) is 18.2 Å². The first-order valence-corrected chi connectivity index (χ1v) is 9.63. The predicted octanol–water partition coefficient (Wildman–Crippen LogP) is 2.87. The van der Waals surface area contributed by atoms with Gasteiger partial charge in [0, 0.05) is 32.7 Å². The second kappa shape index (κ2) is 13.2. The number of ether oxygens (including phenoxy) is 2. The van der Waals surface area contributed by atoms with Crippen LogP contribution in [0.25, 0.3) is 0 Å². The van der Waals surface area contributed by atoms with Gasteiger partial charge in [-0.3, -0.25) is 4.90 Å². The van der Waals surface area contributed by atoms with Crippen LogP contribution >= 0.6 is 24.0 Å². The van der Waals surface area contributed by atoms with Crippen LogP contribution in [0.5, 0.6) is 5.75 Å². The second-order valence-electron chi connectivity index (χ2n) is 6.84. The summed E-state index contributed by atoms with van der Waals surface area (Å²) in [6, 6.07) is 8.03. The summed E-state index contributed by atoms with van der Waals surface area (Å²) >= 11 is 0. The van der Waals surface area contributed by atoms with Crippen molar-refractivity contribution >= 4 is 29.9 Å². The molecule has 2 rings (SSSR count). The van der Waals surface area contributed by atoms with E-state index in [2.05, 4.69) is 47.4 Å². The van der Waals surface area contributed by atoms with Crippen molar-refractivity contribution in [3.63, 3.8) is 0 Å². The number of aliphatic imine (C=N–C) groups is 1. The van der Waals surface area contributed by atoms with Crippen LogP contribution in [0.2, 0.25) is 0 Å². The molecule has 1 aromatic rings. The van der Waals surface area contributed by atoms with Crippen LogP contribution in [0.3, 0.4) is 0 Å². The van der Waals surface area contributed by atoms with E-state index in [1.54, 1.807) is 7.11 Å². The highest BCUT2D eigenvalue weighted by Gasteiger charge is 2.21. The fourth-order valence-electron chi connectivity index (χ4n) is 3.26. The predicted molar refractivity (Wildman–Crippen MR) is 122 cm³/mol. The molecule has 27 heavy (non-hydrogen) atoms. The van der Waals surface area contributed by atoms with E-state index >= 15 is 0 Å². The largest absolute Gasteiger partial charge is 0.497 e. The van der Waals surface area contributed by atoms with E-state index in [9.17, 15) is 0 Å². The molecule has 0 amide bonds. The molecule has 0 saturated carbocycles. The molecule has 6 nitrogen and oxygen atoms in total. The summed E-state index contributed by atoms with van der Waals surface area (Å²) in [7, 11) is 1.68. The van der Waals surface area contributed by atoms with Gasteiger partial charge in [0.1, 0.15) is 5.75 Å². The Morgan fingerprint density at radius 1 is 1.26 bits per heavy atom. The number of guanidine groups is 1. The number of nitrogens with zero attached hydrogens (tertiary/aromatic N) is 2. The number of hydrogen-bond donors (Lipinski definition) is 2. The molecule has 0 radical (unpaired) electrons. The van der Waals surface area contributed by atoms with Crippen molar-refractivity contribution < 1.29 is 9.47 Å². The molecule has 0 bridgehead atoms. The highest BCUT2D eigenvalue weighted by atomic mass is 127. The van der Waals surface area contributed by atoms with E-state index in [0.29, 0.717) is 18.8 Å². The third kappa shape index (κ3) is 9.12. The van der Waals surface area contributed by atoms with Gasteiger partial charge in [0.2, 0.25) is 0 Å². The van der Waals surface area contributed by atoms with E-state index < -0.39 is 0 Å². The molecule has 1 heterocycles. The maximum Gasteiger partial charge on any atom is 0.191 e. The van der Waals surface area contributed by atoms with Gasteiger partial charge in [0.25, 0.3) is 0 Å². The Balaban J connectivity index is 0.00000364. The van der Waals surface area contributed by atoms with E-state index in [-0.39, 0.29) is 24.0 Å². The van der Waals surface area contributed by atoms with Crippen LogP contribution in [0.4, 0.5) is 0 Å². The summed E-state index contributed by atoms with van der Waals surface area (Å²) in [5, 5.41) is 6.74. The Hall–Kier alpha value is -1.06. The molecule has 154 valence electrons. The van der Waals surface area contributed by atoms with Crippen LogP contribution in [-0.4, -0.2) is 62.9 Å². The maximum atomic E-state index is 5.79. The number of benzene rings is 1. The third-order valence-corrected chi connectivity index (χ3v) is 4.34. The zero-order valence-corrected chi connectivity index (χ0v) is 19.4. The van der Waals surface area contributed by atoms with Crippen LogP contribution < -0.4 is 15.4 Å². The number of methoxy groups -OCH3 is 1. The lowest BCUT2D eigenvalue weighted by Crippen LogP contribution is -2.46. The van der Waals surface area contributed by atoms with Gasteiger partial charge >= 0.3 is 0 Å². The van der Waals surface area contributed by atoms with Crippen molar-refractivity contribution in [3.05, 3.63) is 29.8 Å². The Bertz CT molecular complexity index is 561. The van der Waals surface area contributed by atoms with Gasteiger partial charge in [0.15, 0.2) is 5.96 Å². The smallest absolute Gasteiger partial charge is 0.191 e. The highest BCUT2D eigenvalue weighted by Crippen LogP contribution is 2.13. The monoisotopic (exact) mass is 490 g/mol. The summed E-state index contributed by atoms with van der Waals surface area (Å²) in [5.74, 6) is 1.73. The Morgan fingerprint density at radius 2 is 2.00 bits per heavy atom. The minimum atomic E-state index is 0. The Kier molecular flexibility index (Phi) is 11.7. The SMILES string of the molecule is CCNC(=NCc1cccc(OC)c1)NCCCN1CC(C)OC(C)C1.I. The molecule has 0 aromatic heterocycles. The van der Waals surface area contributed by atoms with Gasteiger partial charge in [0.05, 0.1) is 25.9 Å². The third-order valence-electron chi connectivity index (χ3n) is 4.34. The van der Waals surface area contributed by atoms with Crippen LogP contribution in [0.1, 0.15) is 32.8 Å². The lowest BCUT2D eigenvalue weighted by atomic mass is 10.2. The van der Waals surface area contributed by atoms with Gasteiger partial charge < -0.3 is 20.1 Å². The standard InChI is InChI=1S/C20H34N4O2.HI/c1-5-21-20(23-13-18-8-6-9-19(12-18)25-4)22-10-7-11-24-14-16(2)26-17(3)15-24;/h6,8-9,12,16-17H,5,7,10-11,13-15H2,1-4H3,(H2,21,22,23);1H. The van der Waals surface area contributed by atoms with E-state index in [4.69, 9.17) is 9.47 Å². The number of hydrogen-bond acceptors (Lipinski definition) is 4. The van der Waals surface area contributed by atoms with Gasteiger partial charge in [-0.05, 0) is 44.9 Å². The fourth-order valence-corrected chi connectivity index (χ4v) is 3.26. The molecule has 0 aliphatic carbocycles. The van der Waals surface area contributed by atoms with Gasteiger partial charge in [-0.1, -0.05) is 12.1 Å². The molecular weight excluding hydrogens is 455 g/mol. The molecule has 1 aliphatic rings. The quantitative estimate of drug-likeness (QED) is 0.254.